The maximum Gasteiger partial charge on any atom is 0.328 e. The molecule has 1 N–H and O–H groups in total. The van der Waals surface area contributed by atoms with Crippen LogP contribution in [0.1, 0.15) is 11.1 Å². The summed E-state index contributed by atoms with van der Waals surface area (Å²) in [4.78, 5) is 10.5. The molecule has 2 aromatic carbocycles. The van der Waals surface area contributed by atoms with Crippen molar-refractivity contribution in [3.05, 3.63) is 68.9 Å². The number of ether oxygens (including phenoxy) is 1. The number of carboxylic acids is 1. The second kappa shape index (κ2) is 7.42. The molecule has 0 unspecified atom stereocenters. The van der Waals surface area contributed by atoms with Crippen molar-refractivity contribution in [2.24, 2.45) is 0 Å². The number of rotatable bonds is 5. The van der Waals surface area contributed by atoms with Crippen LogP contribution in [0.25, 0.3) is 6.08 Å². The Morgan fingerprint density at radius 1 is 1.36 bits per heavy atom. The van der Waals surface area contributed by atoms with Crippen LogP contribution in [0.5, 0.6) is 5.75 Å². The molecule has 6 heteroatoms. The standard InChI is InChI=1S/C16H11BrClFO3/c17-12-7-10(5-6-15(20)21)8-13(18)16(12)22-9-11-3-1-2-4-14(11)19/h1-8H,9H2,(H,20,21)/b6-5+. The van der Waals surface area contributed by atoms with Crippen LogP contribution < -0.4 is 4.74 Å². The third kappa shape index (κ3) is 4.32. The minimum atomic E-state index is -1.05. The lowest BCUT2D eigenvalue weighted by Crippen LogP contribution is -1.99. The quantitative estimate of drug-likeness (QED) is 0.743. The Kier molecular flexibility index (Phi) is 5.57. The van der Waals surface area contributed by atoms with E-state index in [1.807, 2.05) is 0 Å². The Bertz CT molecular complexity index is 708. The van der Waals surface area contributed by atoms with Crippen LogP contribution >= 0.6 is 27.5 Å². The number of carbonyl (C=O) groups is 1. The number of hydrogen-bond donors (Lipinski definition) is 1. The third-order valence-electron chi connectivity index (χ3n) is 2.77. The van der Waals surface area contributed by atoms with Gasteiger partial charge in [-0.2, -0.15) is 0 Å². The molecule has 22 heavy (non-hydrogen) atoms. The second-order valence-electron chi connectivity index (χ2n) is 4.37. The normalized spacial score (nSPS) is 10.9. The van der Waals surface area contributed by atoms with E-state index in [9.17, 15) is 9.18 Å². The van der Waals surface area contributed by atoms with E-state index in [1.165, 1.54) is 12.1 Å². The fourth-order valence-electron chi connectivity index (χ4n) is 1.75. The zero-order chi connectivity index (χ0) is 16.1. The monoisotopic (exact) mass is 384 g/mol. The predicted molar refractivity (Wildman–Crippen MR) is 86.6 cm³/mol. The van der Waals surface area contributed by atoms with Gasteiger partial charge in [0.15, 0.2) is 5.75 Å². The maximum absolute atomic E-state index is 13.5. The van der Waals surface area contributed by atoms with Gasteiger partial charge in [-0.1, -0.05) is 29.8 Å². The molecule has 2 rings (SSSR count). The molecule has 0 heterocycles. The topological polar surface area (TPSA) is 46.5 Å². The first-order valence-electron chi connectivity index (χ1n) is 6.23. The minimum Gasteiger partial charge on any atom is -0.486 e. The molecule has 3 nitrogen and oxygen atoms in total. The summed E-state index contributed by atoms with van der Waals surface area (Å²) in [5, 5.41) is 8.91. The van der Waals surface area contributed by atoms with Crippen molar-refractivity contribution in [1.82, 2.24) is 0 Å². The van der Waals surface area contributed by atoms with Crippen molar-refractivity contribution >= 4 is 39.6 Å². The Morgan fingerprint density at radius 3 is 2.73 bits per heavy atom. The summed E-state index contributed by atoms with van der Waals surface area (Å²) in [6.45, 7) is 0.0370. The highest BCUT2D eigenvalue weighted by Gasteiger charge is 2.10. The Hall–Kier alpha value is -1.85. The molecule has 0 spiro atoms. The molecule has 0 aliphatic heterocycles. The molecule has 0 radical (unpaired) electrons. The Balaban J connectivity index is 2.18. The summed E-state index contributed by atoms with van der Waals surface area (Å²) < 4.78 is 19.7. The van der Waals surface area contributed by atoms with Crippen molar-refractivity contribution in [3.8, 4) is 5.75 Å². The van der Waals surface area contributed by atoms with Gasteiger partial charge in [0.25, 0.3) is 0 Å². The van der Waals surface area contributed by atoms with E-state index >= 15 is 0 Å². The molecular formula is C16H11BrClFO3. The van der Waals surface area contributed by atoms with E-state index in [0.29, 0.717) is 26.4 Å². The number of aliphatic carboxylic acids is 1. The second-order valence-corrected chi connectivity index (χ2v) is 5.63. The van der Waals surface area contributed by atoms with Crippen LogP contribution in [-0.4, -0.2) is 11.1 Å². The van der Waals surface area contributed by atoms with Crippen LogP contribution in [0, 0.1) is 5.82 Å². The van der Waals surface area contributed by atoms with Gasteiger partial charge in [0, 0.05) is 11.6 Å². The highest BCUT2D eigenvalue weighted by atomic mass is 79.9. The van der Waals surface area contributed by atoms with Gasteiger partial charge < -0.3 is 9.84 Å². The third-order valence-corrected chi connectivity index (χ3v) is 3.64. The number of halogens is 3. The molecule has 0 amide bonds. The highest BCUT2D eigenvalue weighted by Crippen LogP contribution is 2.35. The van der Waals surface area contributed by atoms with Gasteiger partial charge in [-0.25, -0.2) is 9.18 Å². The lowest BCUT2D eigenvalue weighted by Gasteiger charge is -2.11. The van der Waals surface area contributed by atoms with Crippen molar-refractivity contribution < 1.29 is 19.0 Å². The fourth-order valence-corrected chi connectivity index (χ4v) is 2.74. The Labute approximate surface area is 140 Å². The van der Waals surface area contributed by atoms with Crippen molar-refractivity contribution in [3.63, 3.8) is 0 Å². The molecule has 0 atom stereocenters. The zero-order valence-corrected chi connectivity index (χ0v) is 13.6. The van der Waals surface area contributed by atoms with Crippen LogP contribution in [0.3, 0.4) is 0 Å². The van der Waals surface area contributed by atoms with Crippen molar-refractivity contribution in [2.75, 3.05) is 0 Å². The number of benzene rings is 2. The Morgan fingerprint density at radius 2 is 2.09 bits per heavy atom. The lowest BCUT2D eigenvalue weighted by atomic mass is 10.2. The summed E-state index contributed by atoms with van der Waals surface area (Å²) in [5.74, 6) is -1.03. The SMILES string of the molecule is O=C(O)/C=C/c1cc(Cl)c(OCc2ccccc2F)c(Br)c1. The molecule has 0 saturated carbocycles. The van der Waals surface area contributed by atoms with Crippen molar-refractivity contribution in [2.45, 2.75) is 6.61 Å². The van der Waals surface area contributed by atoms with Crippen LogP contribution in [0.2, 0.25) is 5.02 Å². The molecule has 0 aliphatic rings. The summed E-state index contributed by atoms with van der Waals surface area (Å²) in [6.07, 6.45) is 2.43. The summed E-state index contributed by atoms with van der Waals surface area (Å²) in [7, 11) is 0. The van der Waals surface area contributed by atoms with Gasteiger partial charge in [0.1, 0.15) is 12.4 Å². The zero-order valence-electron chi connectivity index (χ0n) is 11.2. The van der Waals surface area contributed by atoms with Crippen LogP contribution in [0.15, 0.2) is 46.9 Å². The van der Waals surface area contributed by atoms with E-state index in [-0.39, 0.29) is 12.4 Å². The molecule has 0 bridgehead atoms. The molecule has 0 aromatic heterocycles. The number of hydrogen-bond acceptors (Lipinski definition) is 2. The van der Waals surface area contributed by atoms with Gasteiger partial charge in [0.05, 0.1) is 9.50 Å². The van der Waals surface area contributed by atoms with Gasteiger partial charge >= 0.3 is 5.97 Å². The van der Waals surface area contributed by atoms with E-state index in [0.717, 1.165) is 6.08 Å². The van der Waals surface area contributed by atoms with Crippen LogP contribution in [0.4, 0.5) is 4.39 Å². The number of carboxylic acid groups (broad SMARTS) is 1. The van der Waals surface area contributed by atoms with Gasteiger partial charge in [-0.15, -0.1) is 0 Å². The highest BCUT2D eigenvalue weighted by molar-refractivity contribution is 9.10. The van der Waals surface area contributed by atoms with Gasteiger partial charge in [-0.3, -0.25) is 0 Å². The summed E-state index contributed by atoms with van der Waals surface area (Å²) >= 11 is 9.44. The van der Waals surface area contributed by atoms with E-state index in [1.54, 1.807) is 30.3 Å². The summed E-state index contributed by atoms with van der Waals surface area (Å²) in [5.41, 5.74) is 1.03. The largest absolute Gasteiger partial charge is 0.486 e. The molecule has 2 aromatic rings. The lowest BCUT2D eigenvalue weighted by molar-refractivity contribution is -0.131. The molecule has 0 aliphatic carbocycles. The fraction of sp³-hybridized carbons (Fsp3) is 0.0625. The van der Waals surface area contributed by atoms with Gasteiger partial charge in [-0.05, 0) is 45.8 Å². The van der Waals surface area contributed by atoms with Gasteiger partial charge in [0.2, 0.25) is 0 Å². The average molecular weight is 386 g/mol. The first-order chi connectivity index (χ1) is 10.5. The first kappa shape index (κ1) is 16.5. The maximum atomic E-state index is 13.5. The van der Waals surface area contributed by atoms with E-state index in [2.05, 4.69) is 15.9 Å². The predicted octanol–water partition coefficient (Wildman–Crippen LogP) is 4.92. The van der Waals surface area contributed by atoms with Crippen LogP contribution in [-0.2, 0) is 11.4 Å². The summed E-state index contributed by atoms with van der Waals surface area (Å²) in [6, 6.07) is 9.55. The molecule has 0 saturated heterocycles. The average Bonchev–Trinajstić information content (AvgIpc) is 2.46. The van der Waals surface area contributed by atoms with E-state index < -0.39 is 5.97 Å². The van der Waals surface area contributed by atoms with E-state index in [4.69, 9.17) is 21.4 Å². The smallest absolute Gasteiger partial charge is 0.328 e. The molecule has 114 valence electrons. The first-order valence-corrected chi connectivity index (χ1v) is 7.40. The molecule has 0 fully saturated rings. The minimum absolute atomic E-state index is 0.0370. The van der Waals surface area contributed by atoms with Crippen molar-refractivity contribution in [1.29, 1.82) is 0 Å². The molecular weight excluding hydrogens is 375 g/mol.